The molecule has 19 heavy (non-hydrogen) atoms. The van der Waals surface area contributed by atoms with Crippen molar-refractivity contribution in [1.29, 1.82) is 0 Å². The molecule has 0 atom stereocenters. The lowest BCUT2D eigenvalue weighted by Gasteiger charge is -1.92. The smallest absolute Gasteiger partial charge is 0.226 e. The van der Waals surface area contributed by atoms with Gasteiger partial charge in [0.15, 0.2) is 0 Å². The molecule has 0 radical (unpaired) electrons. The van der Waals surface area contributed by atoms with Gasteiger partial charge < -0.3 is 4.42 Å². The summed E-state index contributed by atoms with van der Waals surface area (Å²) in [5, 5.41) is 1.05. The molecular formula is C16H18BrNO. The number of nitrogens with zero attached hydrogens (tertiary/aromatic N) is 1. The van der Waals surface area contributed by atoms with E-state index in [4.69, 9.17) is 4.42 Å². The van der Waals surface area contributed by atoms with Gasteiger partial charge in [0.05, 0.1) is 5.69 Å². The average molecular weight is 320 g/mol. The second-order valence-corrected chi connectivity index (χ2v) is 5.19. The summed E-state index contributed by atoms with van der Waals surface area (Å²) in [6, 6.07) is 10.0. The van der Waals surface area contributed by atoms with Crippen LogP contribution in [0.15, 0.2) is 46.9 Å². The maximum Gasteiger partial charge on any atom is 0.226 e. The lowest BCUT2D eigenvalue weighted by atomic mass is 10.2. The number of aromatic nitrogens is 1. The molecule has 2 aromatic rings. The normalized spacial score (nSPS) is 11.3. The third-order valence-corrected chi connectivity index (χ3v) is 3.46. The summed E-state index contributed by atoms with van der Waals surface area (Å²) in [5.41, 5.74) is 2.05. The standard InChI is InChI=1S/C16H18BrNO/c1-13-15(11-7-2-3-8-12-17)18-16(19-13)14-9-5-4-6-10-14/h2,4-7,9-10H,3,8,11-12H2,1H3/b7-2+. The van der Waals surface area contributed by atoms with Crippen LogP contribution in [-0.2, 0) is 6.42 Å². The van der Waals surface area contributed by atoms with Gasteiger partial charge >= 0.3 is 0 Å². The Morgan fingerprint density at radius 1 is 1.21 bits per heavy atom. The van der Waals surface area contributed by atoms with Crippen LogP contribution in [0.1, 0.15) is 24.3 Å². The molecule has 0 saturated carbocycles. The van der Waals surface area contributed by atoms with Crippen molar-refractivity contribution in [2.75, 3.05) is 5.33 Å². The highest BCUT2D eigenvalue weighted by molar-refractivity contribution is 9.09. The lowest BCUT2D eigenvalue weighted by molar-refractivity contribution is 0.540. The molecule has 0 aliphatic heterocycles. The van der Waals surface area contributed by atoms with Crippen LogP contribution in [0.4, 0.5) is 0 Å². The van der Waals surface area contributed by atoms with Crippen LogP contribution in [0.3, 0.4) is 0 Å². The molecule has 0 unspecified atom stereocenters. The van der Waals surface area contributed by atoms with Gasteiger partial charge in [0, 0.05) is 17.3 Å². The molecule has 1 heterocycles. The number of aryl methyl sites for hydroxylation is 1. The summed E-state index contributed by atoms with van der Waals surface area (Å²) in [7, 11) is 0. The number of rotatable bonds is 6. The molecule has 1 aromatic carbocycles. The molecule has 0 amide bonds. The van der Waals surface area contributed by atoms with Crippen LogP contribution in [0.25, 0.3) is 11.5 Å². The topological polar surface area (TPSA) is 26.0 Å². The van der Waals surface area contributed by atoms with Gasteiger partial charge in [-0.05, 0) is 31.9 Å². The lowest BCUT2D eigenvalue weighted by Crippen LogP contribution is -1.85. The van der Waals surface area contributed by atoms with Gasteiger partial charge in [-0.15, -0.1) is 0 Å². The number of oxazole rings is 1. The van der Waals surface area contributed by atoms with Crippen molar-refractivity contribution < 1.29 is 4.42 Å². The van der Waals surface area contributed by atoms with E-state index in [9.17, 15) is 0 Å². The first-order valence-electron chi connectivity index (χ1n) is 6.54. The zero-order chi connectivity index (χ0) is 13.5. The first-order chi connectivity index (χ1) is 9.31. The van der Waals surface area contributed by atoms with Gasteiger partial charge in [-0.2, -0.15) is 0 Å². The van der Waals surface area contributed by atoms with Gasteiger partial charge in [0.25, 0.3) is 0 Å². The van der Waals surface area contributed by atoms with Crippen molar-refractivity contribution >= 4 is 15.9 Å². The number of benzene rings is 1. The molecule has 2 rings (SSSR count). The number of alkyl halides is 1. The summed E-state index contributed by atoms with van der Waals surface area (Å²) in [6.45, 7) is 1.97. The fourth-order valence-electron chi connectivity index (χ4n) is 1.83. The van der Waals surface area contributed by atoms with E-state index < -0.39 is 0 Å². The van der Waals surface area contributed by atoms with Crippen molar-refractivity contribution in [3.63, 3.8) is 0 Å². The van der Waals surface area contributed by atoms with E-state index in [2.05, 4.69) is 33.1 Å². The molecule has 1 aromatic heterocycles. The zero-order valence-electron chi connectivity index (χ0n) is 11.1. The molecule has 0 bridgehead atoms. The average Bonchev–Trinajstić information content (AvgIpc) is 2.81. The van der Waals surface area contributed by atoms with Gasteiger partial charge in [0.2, 0.25) is 5.89 Å². The van der Waals surface area contributed by atoms with E-state index in [1.54, 1.807) is 0 Å². The molecule has 3 heteroatoms. The number of unbranched alkanes of at least 4 members (excludes halogenated alkanes) is 1. The fourth-order valence-corrected chi connectivity index (χ4v) is 2.15. The molecule has 0 N–H and O–H groups in total. The van der Waals surface area contributed by atoms with Crippen LogP contribution in [0, 0.1) is 6.92 Å². The zero-order valence-corrected chi connectivity index (χ0v) is 12.7. The minimum atomic E-state index is 0.710. The largest absolute Gasteiger partial charge is 0.441 e. The van der Waals surface area contributed by atoms with Gasteiger partial charge in [-0.3, -0.25) is 0 Å². The monoisotopic (exact) mass is 319 g/mol. The van der Waals surface area contributed by atoms with Gasteiger partial charge in [-0.1, -0.05) is 46.3 Å². The van der Waals surface area contributed by atoms with Crippen molar-refractivity contribution in [2.24, 2.45) is 0 Å². The summed E-state index contributed by atoms with van der Waals surface area (Å²) in [4.78, 5) is 4.57. The first kappa shape index (κ1) is 14.1. The Morgan fingerprint density at radius 3 is 2.74 bits per heavy atom. The Kier molecular flexibility index (Phi) is 5.40. The number of halogens is 1. The third-order valence-electron chi connectivity index (χ3n) is 2.90. The molecule has 0 aliphatic carbocycles. The van der Waals surface area contributed by atoms with Gasteiger partial charge in [-0.25, -0.2) is 4.98 Å². The van der Waals surface area contributed by atoms with Crippen LogP contribution < -0.4 is 0 Å². The maximum atomic E-state index is 5.73. The predicted molar refractivity (Wildman–Crippen MR) is 82.5 cm³/mol. The highest BCUT2D eigenvalue weighted by atomic mass is 79.9. The Bertz CT molecular complexity index is 531. The van der Waals surface area contributed by atoms with Crippen LogP contribution in [0.2, 0.25) is 0 Å². The second kappa shape index (κ2) is 7.29. The van der Waals surface area contributed by atoms with E-state index in [-0.39, 0.29) is 0 Å². The van der Waals surface area contributed by atoms with E-state index in [0.29, 0.717) is 5.89 Å². The Hall–Kier alpha value is -1.35. The molecule has 0 spiro atoms. The van der Waals surface area contributed by atoms with E-state index in [0.717, 1.165) is 35.2 Å². The third kappa shape index (κ3) is 4.06. The Morgan fingerprint density at radius 2 is 2.00 bits per heavy atom. The number of hydrogen-bond donors (Lipinski definition) is 0. The Labute approximate surface area is 122 Å². The highest BCUT2D eigenvalue weighted by Crippen LogP contribution is 2.21. The van der Waals surface area contributed by atoms with Crippen molar-refractivity contribution in [2.45, 2.75) is 26.2 Å². The van der Waals surface area contributed by atoms with E-state index in [1.807, 2.05) is 37.3 Å². The van der Waals surface area contributed by atoms with Crippen molar-refractivity contribution in [1.82, 2.24) is 4.98 Å². The molecular weight excluding hydrogens is 302 g/mol. The first-order valence-corrected chi connectivity index (χ1v) is 7.66. The predicted octanol–water partition coefficient (Wildman–Crippen LogP) is 4.92. The van der Waals surface area contributed by atoms with Crippen molar-refractivity contribution in [3.05, 3.63) is 53.9 Å². The molecule has 2 nitrogen and oxygen atoms in total. The number of hydrogen-bond acceptors (Lipinski definition) is 2. The molecule has 100 valence electrons. The van der Waals surface area contributed by atoms with Crippen LogP contribution in [-0.4, -0.2) is 10.3 Å². The summed E-state index contributed by atoms with van der Waals surface area (Å²) in [5.74, 6) is 1.62. The number of allylic oxidation sites excluding steroid dienone is 2. The highest BCUT2D eigenvalue weighted by Gasteiger charge is 2.09. The summed E-state index contributed by atoms with van der Waals surface area (Å²) >= 11 is 3.43. The fraction of sp³-hybridized carbons (Fsp3) is 0.312. The van der Waals surface area contributed by atoms with Crippen LogP contribution in [0.5, 0.6) is 0 Å². The second-order valence-electron chi connectivity index (χ2n) is 4.39. The summed E-state index contributed by atoms with van der Waals surface area (Å²) < 4.78 is 5.73. The quantitative estimate of drug-likeness (QED) is 0.429. The minimum absolute atomic E-state index is 0.710. The summed E-state index contributed by atoms with van der Waals surface area (Å²) in [6.07, 6.45) is 7.49. The molecule has 0 aliphatic rings. The SMILES string of the molecule is Cc1oc(-c2ccccc2)nc1C/C=C/CCCBr. The van der Waals surface area contributed by atoms with E-state index >= 15 is 0 Å². The van der Waals surface area contributed by atoms with Gasteiger partial charge in [0.1, 0.15) is 5.76 Å². The maximum absolute atomic E-state index is 5.73. The van der Waals surface area contributed by atoms with Crippen LogP contribution >= 0.6 is 15.9 Å². The molecule has 0 saturated heterocycles. The van der Waals surface area contributed by atoms with Crippen molar-refractivity contribution in [3.8, 4) is 11.5 Å². The van der Waals surface area contributed by atoms with E-state index in [1.165, 1.54) is 6.42 Å². The Balaban J connectivity index is 2.03. The molecule has 0 fully saturated rings. The minimum Gasteiger partial charge on any atom is -0.441 e.